The molecule has 19 heavy (non-hydrogen) atoms. The van der Waals surface area contributed by atoms with Crippen molar-refractivity contribution in [1.82, 2.24) is 4.98 Å². The van der Waals surface area contributed by atoms with Gasteiger partial charge in [-0.15, -0.1) is 0 Å². The predicted octanol–water partition coefficient (Wildman–Crippen LogP) is 2.14. The minimum Gasteiger partial charge on any atom is -0.384 e. The molecule has 0 saturated heterocycles. The number of amidine groups is 1. The first-order chi connectivity index (χ1) is 9.08. The van der Waals surface area contributed by atoms with Crippen LogP contribution in [0.15, 0.2) is 42.6 Å². The molecule has 0 atom stereocenters. The minimum absolute atomic E-state index is 0.151. The summed E-state index contributed by atoms with van der Waals surface area (Å²) < 4.78 is 13.2. The van der Waals surface area contributed by atoms with Crippen molar-refractivity contribution in [2.24, 2.45) is 5.73 Å². The lowest BCUT2D eigenvalue weighted by atomic mass is 10.1. The second kappa shape index (κ2) is 5.48. The number of nitrogens with zero attached hydrogens (tertiary/aromatic N) is 2. The van der Waals surface area contributed by atoms with Gasteiger partial charge in [-0.2, -0.15) is 0 Å². The smallest absolute Gasteiger partial charge is 0.125 e. The van der Waals surface area contributed by atoms with Crippen LogP contribution in [0.1, 0.15) is 11.3 Å². The average Bonchev–Trinajstić information content (AvgIpc) is 2.39. The quantitative estimate of drug-likeness (QED) is 0.652. The molecule has 0 bridgehead atoms. The molecule has 0 fully saturated rings. The van der Waals surface area contributed by atoms with E-state index in [1.54, 1.807) is 12.3 Å². The van der Waals surface area contributed by atoms with Crippen molar-refractivity contribution >= 4 is 11.5 Å². The number of nitrogen functional groups attached to an aromatic ring is 1. The summed E-state index contributed by atoms with van der Waals surface area (Å²) in [6, 6.07) is 9.92. The fraction of sp³-hybridized carbons (Fsp3) is 0.143. The van der Waals surface area contributed by atoms with E-state index in [-0.39, 0.29) is 5.84 Å². The SMILES string of the molecule is CN(Cc1ccccn1)c1ccc(F)cc1C(=N)N. The first-order valence-electron chi connectivity index (χ1n) is 5.83. The molecule has 0 spiro atoms. The van der Waals surface area contributed by atoms with Crippen LogP contribution in [0.25, 0.3) is 0 Å². The summed E-state index contributed by atoms with van der Waals surface area (Å²) >= 11 is 0. The molecule has 0 aliphatic carbocycles. The van der Waals surface area contributed by atoms with Gasteiger partial charge < -0.3 is 10.6 Å². The second-order valence-electron chi connectivity index (χ2n) is 4.25. The largest absolute Gasteiger partial charge is 0.384 e. The average molecular weight is 258 g/mol. The number of benzene rings is 1. The minimum atomic E-state index is -0.403. The van der Waals surface area contributed by atoms with Gasteiger partial charge in [-0.25, -0.2) is 4.39 Å². The van der Waals surface area contributed by atoms with Crippen molar-refractivity contribution < 1.29 is 4.39 Å². The van der Waals surface area contributed by atoms with E-state index in [0.717, 1.165) is 5.69 Å². The molecule has 0 aliphatic rings. The van der Waals surface area contributed by atoms with Crippen LogP contribution in [-0.4, -0.2) is 17.9 Å². The molecule has 0 amide bonds. The van der Waals surface area contributed by atoms with Crippen LogP contribution in [0.3, 0.4) is 0 Å². The first-order valence-corrected chi connectivity index (χ1v) is 5.83. The van der Waals surface area contributed by atoms with Crippen LogP contribution in [0.5, 0.6) is 0 Å². The standard InChI is InChI=1S/C14H15FN4/c1-19(9-11-4-2-3-7-18-11)13-6-5-10(15)8-12(13)14(16)17/h2-8H,9H2,1H3,(H3,16,17). The van der Waals surface area contributed by atoms with Crippen molar-refractivity contribution in [3.63, 3.8) is 0 Å². The maximum absolute atomic E-state index is 13.2. The normalized spacial score (nSPS) is 10.2. The summed E-state index contributed by atoms with van der Waals surface area (Å²) in [5.41, 5.74) is 7.48. The molecule has 1 aromatic heterocycles. The summed E-state index contributed by atoms with van der Waals surface area (Å²) in [7, 11) is 1.86. The number of rotatable bonds is 4. The van der Waals surface area contributed by atoms with E-state index >= 15 is 0 Å². The predicted molar refractivity (Wildman–Crippen MR) is 73.8 cm³/mol. The van der Waals surface area contributed by atoms with Crippen LogP contribution in [-0.2, 0) is 6.54 Å². The van der Waals surface area contributed by atoms with E-state index in [1.165, 1.54) is 12.1 Å². The van der Waals surface area contributed by atoms with E-state index in [9.17, 15) is 4.39 Å². The molecule has 0 saturated carbocycles. The fourth-order valence-corrected chi connectivity index (χ4v) is 1.88. The Labute approximate surface area is 111 Å². The molecule has 5 heteroatoms. The molecule has 0 aliphatic heterocycles. The zero-order valence-electron chi connectivity index (χ0n) is 10.6. The molecule has 3 N–H and O–H groups in total. The Morgan fingerprint density at radius 3 is 2.79 bits per heavy atom. The lowest BCUT2D eigenvalue weighted by molar-refractivity contribution is 0.627. The Morgan fingerprint density at radius 2 is 2.16 bits per heavy atom. The summed E-state index contributed by atoms with van der Waals surface area (Å²) in [5, 5.41) is 7.51. The molecule has 1 aromatic carbocycles. The van der Waals surface area contributed by atoms with Gasteiger partial charge in [0.2, 0.25) is 0 Å². The third-order valence-corrected chi connectivity index (χ3v) is 2.79. The number of pyridine rings is 1. The fourth-order valence-electron chi connectivity index (χ4n) is 1.88. The Kier molecular flexibility index (Phi) is 3.75. The number of anilines is 1. The molecule has 0 unspecified atom stereocenters. The maximum atomic E-state index is 13.2. The van der Waals surface area contributed by atoms with Crippen LogP contribution < -0.4 is 10.6 Å². The Bertz CT molecular complexity index is 583. The third-order valence-electron chi connectivity index (χ3n) is 2.79. The monoisotopic (exact) mass is 258 g/mol. The van der Waals surface area contributed by atoms with Gasteiger partial charge in [0.1, 0.15) is 11.7 Å². The van der Waals surface area contributed by atoms with Crippen molar-refractivity contribution in [2.45, 2.75) is 6.54 Å². The summed E-state index contributed by atoms with van der Waals surface area (Å²) in [4.78, 5) is 6.12. The summed E-state index contributed by atoms with van der Waals surface area (Å²) in [6.45, 7) is 0.562. The molecule has 1 heterocycles. The van der Waals surface area contributed by atoms with Crippen molar-refractivity contribution in [3.8, 4) is 0 Å². The first kappa shape index (κ1) is 13.0. The molecule has 98 valence electrons. The van der Waals surface area contributed by atoms with Crippen molar-refractivity contribution in [3.05, 3.63) is 59.7 Å². The van der Waals surface area contributed by atoms with Gasteiger partial charge in [0.15, 0.2) is 0 Å². The summed E-state index contributed by atoms with van der Waals surface area (Å²) in [6.07, 6.45) is 1.72. The lowest BCUT2D eigenvalue weighted by Gasteiger charge is -2.21. The van der Waals surface area contributed by atoms with Crippen molar-refractivity contribution in [2.75, 3.05) is 11.9 Å². The molecule has 2 aromatic rings. The van der Waals surface area contributed by atoms with Gasteiger partial charge in [-0.05, 0) is 30.3 Å². The van der Waals surface area contributed by atoms with Gasteiger partial charge in [-0.1, -0.05) is 6.07 Å². The van der Waals surface area contributed by atoms with Crippen LogP contribution >= 0.6 is 0 Å². The molecule has 0 radical (unpaired) electrons. The zero-order chi connectivity index (χ0) is 13.8. The lowest BCUT2D eigenvalue weighted by Crippen LogP contribution is -2.22. The van der Waals surface area contributed by atoms with Gasteiger partial charge in [0, 0.05) is 24.5 Å². The number of aromatic nitrogens is 1. The zero-order valence-corrected chi connectivity index (χ0v) is 10.6. The highest BCUT2D eigenvalue weighted by Crippen LogP contribution is 2.21. The Hall–Kier alpha value is -2.43. The summed E-state index contributed by atoms with van der Waals surface area (Å²) in [5.74, 6) is -0.553. The maximum Gasteiger partial charge on any atom is 0.125 e. The van der Waals surface area contributed by atoms with E-state index in [1.807, 2.05) is 30.1 Å². The highest BCUT2D eigenvalue weighted by Gasteiger charge is 2.11. The van der Waals surface area contributed by atoms with Gasteiger partial charge in [0.25, 0.3) is 0 Å². The van der Waals surface area contributed by atoms with Gasteiger partial charge in [-0.3, -0.25) is 10.4 Å². The van der Waals surface area contributed by atoms with Crippen LogP contribution in [0, 0.1) is 11.2 Å². The molecule has 2 rings (SSSR count). The molecule has 4 nitrogen and oxygen atoms in total. The van der Waals surface area contributed by atoms with E-state index in [2.05, 4.69) is 4.98 Å². The second-order valence-corrected chi connectivity index (χ2v) is 4.25. The van der Waals surface area contributed by atoms with Gasteiger partial charge in [0.05, 0.1) is 12.2 Å². The molecular weight excluding hydrogens is 243 g/mol. The number of nitrogens with two attached hydrogens (primary N) is 1. The number of hydrogen-bond acceptors (Lipinski definition) is 3. The third kappa shape index (κ3) is 3.07. The number of nitrogens with one attached hydrogen (secondary N) is 1. The highest BCUT2D eigenvalue weighted by atomic mass is 19.1. The van der Waals surface area contributed by atoms with Crippen LogP contribution in [0.4, 0.5) is 10.1 Å². The van der Waals surface area contributed by atoms with Crippen LogP contribution in [0.2, 0.25) is 0 Å². The highest BCUT2D eigenvalue weighted by molar-refractivity contribution is 6.00. The van der Waals surface area contributed by atoms with E-state index < -0.39 is 5.82 Å². The Morgan fingerprint density at radius 1 is 1.37 bits per heavy atom. The number of hydrogen-bond donors (Lipinski definition) is 2. The van der Waals surface area contributed by atoms with E-state index in [0.29, 0.717) is 17.8 Å². The molecular formula is C14H15FN4. The topological polar surface area (TPSA) is 66.0 Å². The van der Waals surface area contributed by atoms with Gasteiger partial charge >= 0.3 is 0 Å². The van der Waals surface area contributed by atoms with Crippen molar-refractivity contribution in [1.29, 1.82) is 5.41 Å². The Balaban J connectivity index is 2.28. The number of halogens is 1. The van der Waals surface area contributed by atoms with E-state index in [4.69, 9.17) is 11.1 Å².